The van der Waals surface area contributed by atoms with Crippen LogP contribution in [0.5, 0.6) is 0 Å². The van der Waals surface area contributed by atoms with Crippen molar-refractivity contribution in [2.45, 2.75) is 11.7 Å². The zero-order valence-electron chi connectivity index (χ0n) is 10.1. The number of aliphatic hydroxyl groups excluding tert-OH is 1. The number of hydrogen-bond acceptors (Lipinski definition) is 5. The summed E-state index contributed by atoms with van der Waals surface area (Å²) < 4.78 is 1.53. The van der Waals surface area contributed by atoms with Crippen molar-refractivity contribution >= 4 is 17.7 Å². The quantitative estimate of drug-likeness (QED) is 0.743. The minimum Gasteiger partial charge on any atom is -0.395 e. The Labute approximate surface area is 109 Å². The summed E-state index contributed by atoms with van der Waals surface area (Å²) in [5, 5.41) is 9.48. The van der Waals surface area contributed by atoms with E-state index in [0.717, 1.165) is 0 Å². The Balaban J connectivity index is 2.14. The van der Waals surface area contributed by atoms with Crippen LogP contribution >= 0.6 is 11.8 Å². The highest BCUT2D eigenvalue weighted by Gasteiger charge is 2.28. The maximum absolute atomic E-state index is 12.1. The number of rotatable bonds is 3. The largest absolute Gasteiger partial charge is 0.395 e. The molecule has 1 N–H and O–H groups in total. The van der Waals surface area contributed by atoms with Crippen LogP contribution in [-0.4, -0.2) is 51.4 Å². The number of hydrogen-bond donors (Lipinski definition) is 1. The standard InChI is InChI=1S/C11H15N3O3S/c1-13(4-5-15)10(17)8-6-14-9(16)2-3-12-11(14)18-7-8/h2-3,8,15H,4-7H2,1H3. The van der Waals surface area contributed by atoms with E-state index in [0.29, 0.717) is 24.0 Å². The van der Waals surface area contributed by atoms with Gasteiger partial charge in [-0.25, -0.2) is 4.98 Å². The van der Waals surface area contributed by atoms with Crippen LogP contribution in [0.25, 0.3) is 0 Å². The van der Waals surface area contributed by atoms with Gasteiger partial charge in [0.25, 0.3) is 5.56 Å². The molecule has 98 valence electrons. The van der Waals surface area contributed by atoms with Gasteiger partial charge in [-0.05, 0) is 0 Å². The average molecular weight is 269 g/mol. The van der Waals surface area contributed by atoms with Crippen molar-refractivity contribution < 1.29 is 9.90 Å². The number of thioether (sulfide) groups is 1. The second-order valence-corrected chi connectivity index (χ2v) is 5.15. The van der Waals surface area contributed by atoms with Crippen molar-refractivity contribution in [2.75, 3.05) is 26.0 Å². The summed E-state index contributed by atoms with van der Waals surface area (Å²) in [6, 6.07) is 1.40. The number of aliphatic hydroxyl groups is 1. The molecule has 1 aromatic heterocycles. The summed E-state index contributed by atoms with van der Waals surface area (Å²) in [7, 11) is 1.66. The molecular weight excluding hydrogens is 254 g/mol. The molecule has 1 amide bonds. The molecule has 1 atom stereocenters. The Bertz CT molecular complexity index is 503. The van der Waals surface area contributed by atoms with E-state index in [2.05, 4.69) is 4.98 Å². The van der Waals surface area contributed by atoms with Crippen molar-refractivity contribution in [3.05, 3.63) is 22.6 Å². The molecule has 1 unspecified atom stereocenters. The van der Waals surface area contributed by atoms with E-state index in [1.165, 1.54) is 33.5 Å². The molecule has 0 bridgehead atoms. The van der Waals surface area contributed by atoms with E-state index in [1.54, 1.807) is 7.05 Å². The van der Waals surface area contributed by atoms with Crippen LogP contribution < -0.4 is 5.56 Å². The van der Waals surface area contributed by atoms with Gasteiger partial charge in [-0.15, -0.1) is 0 Å². The molecular formula is C11H15N3O3S. The Morgan fingerprint density at radius 1 is 1.72 bits per heavy atom. The van der Waals surface area contributed by atoms with E-state index in [-0.39, 0.29) is 24.0 Å². The average Bonchev–Trinajstić information content (AvgIpc) is 2.38. The fraction of sp³-hybridized carbons (Fsp3) is 0.545. The number of carbonyl (C=O) groups excluding carboxylic acids is 1. The second kappa shape index (κ2) is 5.53. The minimum atomic E-state index is -0.235. The van der Waals surface area contributed by atoms with Crippen molar-refractivity contribution in [1.29, 1.82) is 0 Å². The number of carbonyl (C=O) groups is 1. The van der Waals surface area contributed by atoms with Gasteiger partial charge >= 0.3 is 0 Å². The van der Waals surface area contributed by atoms with Crippen molar-refractivity contribution in [2.24, 2.45) is 5.92 Å². The Morgan fingerprint density at radius 3 is 3.22 bits per heavy atom. The summed E-state index contributed by atoms with van der Waals surface area (Å²) in [5.74, 6) is 0.337. The monoisotopic (exact) mass is 269 g/mol. The fourth-order valence-electron chi connectivity index (χ4n) is 1.87. The predicted octanol–water partition coefficient (Wildman–Crippen LogP) is -0.584. The molecule has 1 aliphatic heterocycles. The highest BCUT2D eigenvalue weighted by atomic mass is 32.2. The molecule has 0 saturated heterocycles. The van der Waals surface area contributed by atoms with Gasteiger partial charge in [-0.2, -0.15) is 0 Å². The fourth-order valence-corrected chi connectivity index (χ4v) is 2.93. The molecule has 1 aromatic rings. The zero-order chi connectivity index (χ0) is 13.1. The van der Waals surface area contributed by atoms with Crippen LogP contribution in [0.1, 0.15) is 0 Å². The van der Waals surface area contributed by atoms with Crippen LogP contribution in [0.2, 0.25) is 0 Å². The number of aromatic nitrogens is 2. The summed E-state index contributed by atoms with van der Waals surface area (Å²) in [4.78, 5) is 29.4. The van der Waals surface area contributed by atoms with Gasteiger partial charge in [0.1, 0.15) is 0 Å². The maximum atomic E-state index is 12.1. The molecule has 1 aliphatic rings. The minimum absolute atomic E-state index is 0.0436. The molecule has 0 saturated carbocycles. The normalized spacial score (nSPS) is 18.2. The van der Waals surface area contributed by atoms with Crippen LogP contribution in [0.3, 0.4) is 0 Å². The first kappa shape index (κ1) is 13.1. The van der Waals surface area contributed by atoms with Gasteiger partial charge < -0.3 is 10.0 Å². The first-order chi connectivity index (χ1) is 8.63. The smallest absolute Gasteiger partial charge is 0.254 e. The second-order valence-electron chi connectivity index (χ2n) is 4.17. The van der Waals surface area contributed by atoms with Gasteiger partial charge in [-0.3, -0.25) is 14.2 Å². The SMILES string of the molecule is CN(CCO)C(=O)C1CSc2nccc(=O)n2C1. The Hall–Kier alpha value is -1.34. The van der Waals surface area contributed by atoms with E-state index < -0.39 is 0 Å². The molecule has 0 radical (unpaired) electrons. The lowest BCUT2D eigenvalue weighted by Crippen LogP contribution is -2.41. The summed E-state index contributed by atoms with van der Waals surface area (Å²) in [5.41, 5.74) is -0.130. The zero-order valence-corrected chi connectivity index (χ0v) is 10.9. The van der Waals surface area contributed by atoms with Gasteiger partial charge in [-0.1, -0.05) is 11.8 Å². The van der Waals surface area contributed by atoms with Crippen LogP contribution in [0, 0.1) is 5.92 Å². The van der Waals surface area contributed by atoms with Crippen molar-refractivity contribution in [3.63, 3.8) is 0 Å². The van der Waals surface area contributed by atoms with Gasteiger partial charge in [0.05, 0.1) is 12.5 Å². The third-order valence-electron chi connectivity index (χ3n) is 2.88. The Morgan fingerprint density at radius 2 is 2.50 bits per heavy atom. The molecule has 0 fully saturated rings. The van der Waals surface area contributed by atoms with E-state index in [1.807, 2.05) is 0 Å². The molecule has 7 heteroatoms. The Kier molecular flexibility index (Phi) is 4.03. The number of fused-ring (bicyclic) bond motifs is 1. The summed E-state index contributed by atoms with van der Waals surface area (Å²) in [6.07, 6.45) is 1.49. The van der Waals surface area contributed by atoms with Crippen molar-refractivity contribution in [1.82, 2.24) is 14.5 Å². The third-order valence-corrected chi connectivity index (χ3v) is 4.03. The molecule has 6 nitrogen and oxygen atoms in total. The lowest BCUT2D eigenvalue weighted by atomic mass is 10.1. The predicted molar refractivity (Wildman–Crippen MR) is 67.4 cm³/mol. The molecule has 0 aliphatic carbocycles. The van der Waals surface area contributed by atoms with E-state index in [9.17, 15) is 9.59 Å². The number of likely N-dealkylation sites (N-methyl/N-ethyl adjacent to an activating group) is 1. The molecule has 0 aromatic carbocycles. The van der Waals surface area contributed by atoms with Gasteiger partial charge in [0, 0.05) is 38.2 Å². The van der Waals surface area contributed by atoms with Crippen molar-refractivity contribution in [3.8, 4) is 0 Å². The number of amides is 1. The van der Waals surface area contributed by atoms with Gasteiger partial charge in [0.15, 0.2) is 5.16 Å². The van der Waals surface area contributed by atoms with Crippen LogP contribution in [0.4, 0.5) is 0 Å². The van der Waals surface area contributed by atoms with Crippen LogP contribution in [-0.2, 0) is 11.3 Å². The molecule has 0 spiro atoms. The van der Waals surface area contributed by atoms with Gasteiger partial charge in [0.2, 0.25) is 5.91 Å². The number of nitrogens with zero attached hydrogens (tertiary/aromatic N) is 3. The van der Waals surface area contributed by atoms with Crippen LogP contribution in [0.15, 0.2) is 22.2 Å². The lowest BCUT2D eigenvalue weighted by molar-refractivity contribution is -0.134. The lowest BCUT2D eigenvalue weighted by Gasteiger charge is -2.27. The summed E-state index contributed by atoms with van der Waals surface area (Å²) >= 11 is 1.42. The summed E-state index contributed by atoms with van der Waals surface area (Å²) in [6.45, 7) is 0.624. The van der Waals surface area contributed by atoms with E-state index >= 15 is 0 Å². The highest BCUT2D eigenvalue weighted by molar-refractivity contribution is 7.99. The first-order valence-electron chi connectivity index (χ1n) is 5.68. The molecule has 2 rings (SSSR count). The first-order valence-corrected chi connectivity index (χ1v) is 6.66. The molecule has 2 heterocycles. The maximum Gasteiger partial charge on any atom is 0.254 e. The molecule has 18 heavy (non-hydrogen) atoms. The topological polar surface area (TPSA) is 75.4 Å². The third kappa shape index (κ3) is 2.56. The van der Waals surface area contributed by atoms with E-state index in [4.69, 9.17) is 5.11 Å². The highest BCUT2D eigenvalue weighted by Crippen LogP contribution is 2.25.